The summed E-state index contributed by atoms with van der Waals surface area (Å²) in [5, 5.41) is 7.01. The number of alkyl halides is 1. The fourth-order valence-electron chi connectivity index (χ4n) is 2.07. The molecule has 0 radical (unpaired) electrons. The number of aryl methyl sites for hydroxylation is 1. The average molecular weight is 286 g/mol. The van der Waals surface area contributed by atoms with E-state index in [2.05, 4.69) is 26.3 Å². The maximum absolute atomic E-state index is 11.7. The Morgan fingerprint density at radius 2 is 2.50 bits per heavy atom. The number of nitrogens with zero attached hydrogens (tertiary/aromatic N) is 2. The van der Waals surface area contributed by atoms with Crippen LogP contribution in [0.3, 0.4) is 0 Å². The van der Waals surface area contributed by atoms with Crippen molar-refractivity contribution in [2.75, 3.05) is 6.54 Å². The lowest BCUT2D eigenvalue weighted by atomic mass is 10.1. The third-order valence-electron chi connectivity index (χ3n) is 3.04. The van der Waals surface area contributed by atoms with Gasteiger partial charge < -0.3 is 5.32 Å². The lowest BCUT2D eigenvalue weighted by Crippen LogP contribution is -2.31. The predicted octanol–water partition coefficient (Wildman–Crippen LogP) is 1.71. The van der Waals surface area contributed by atoms with Gasteiger partial charge >= 0.3 is 0 Å². The number of nitrogens with one attached hydrogen (secondary N) is 1. The molecule has 1 aromatic heterocycles. The molecule has 1 aromatic rings. The Hall–Kier alpha value is -0.840. The van der Waals surface area contributed by atoms with Gasteiger partial charge in [-0.1, -0.05) is 22.4 Å². The molecular weight excluding hydrogens is 270 g/mol. The Bertz CT molecular complexity index is 377. The highest BCUT2D eigenvalue weighted by Gasteiger charge is 2.25. The largest absolute Gasteiger partial charge is 0.350 e. The van der Waals surface area contributed by atoms with Crippen molar-refractivity contribution in [2.24, 2.45) is 13.0 Å². The SMILES string of the molecule is Cn1ccc(C(=O)NCC2CCCC2Br)n1. The van der Waals surface area contributed by atoms with Gasteiger partial charge in [0, 0.05) is 24.6 Å². The summed E-state index contributed by atoms with van der Waals surface area (Å²) in [4.78, 5) is 12.3. The number of hydrogen-bond acceptors (Lipinski definition) is 2. The van der Waals surface area contributed by atoms with E-state index in [0.717, 1.165) is 6.54 Å². The monoisotopic (exact) mass is 285 g/mol. The summed E-state index contributed by atoms with van der Waals surface area (Å²) in [7, 11) is 1.81. The maximum Gasteiger partial charge on any atom is 0.271 e. The Labute approximate surface area is 104 Å². The van der Waals surface area contributed by atoms with Crippen molar-refractivity contribution in [3.63, 3.8) is 0 Å². The van der Waals surface area contributed by atoms with E-state index in [4.69, 9.17) is 0 Å². The second kappa shape index (κ2) is 4.99. The van der Waals surface area contributed by atoms with Crippen LogP contribution >= 0.6 is 15.9 Å². The van der Waals surface area contributed by atoms with Gasteiger partial charge in [-0.3, -0.25) is 9.48 Å². The van der Waals surface area contributed by atoms with E-state index in [1.54, 1.807) is 16.9 Å². The molecule has 1 aliphatic carbocycles. The molecule has 0 saturated heterocycles. The van der Waals surface area contributed by atoms with E-state index in [0.29, 0.717) is 16.4 Å². The van der Waals surface area contributed by atoms with E-state index < -0.39 is 0 Å². The molecule has 1 N–H and O–H groups in total. The summed E-state index contributed by atoms with van der Waals surface area (Å²) >= 11 is 3.64. The number of carbonyl (C=O) groups excluding carboxylic acids is 1. The number of aromatic nitrogens is 2. The van der Waals surface area contributed by atoms with Crippen molar-refractivity contribution in [1.29, 1.82) is 0 Å². The van der Waals surface area contributed by atoms with Crippen LogP contribution in [0.5, 0.6) is 0 Å². The first-order chi connectivity index (χ1) is 7.66. The fourth-order valence-corrected chi connectivity index (χ4v) is 2.85. The molecule has 16 heavy (non-hydrogen) atoms. The highest BCUT2D eigenvalue weighted by atomic mass is 79.9. The van der Waals surface area contributed by atoms with E-state index >= 15 is 0 Å². The van der Waals surface area contributed by atoms with Gasteiger partial charge in [-0.05, 0) is 24.8 Å². The first-order valence-corrected chi connectivity index (χ1v) is 6.50. The van der Waals surface area contributed by atoms with Crippen LogP contribution in [0, 0.1) is 5.92 Å². The van der Waals surface area contributed by atoms with E-state index in [1.807, 2.05) is 7.05 Å². The fraction of sp³-hybridized carbons (Fsp3) is 0.636. The van der Waals surface area contributed by atoms with Crippen LogP contribution in [0.4, 0.5) is 0 Å². The summed E-state index contributed by atoms with van der Waals surface area (Å²) in [6.07, 6.45) is 5.43. The zero-order valence-corrected chi connectivity index (χ0v) is 10.9. The topological polar surface area (TPSA) is 46.9 Å². The zero-order valence-electron chi connectivity index (χ0n) is 9.32. The molecule has 1 saturated carbocycles. The molecule has 4 nitrogen and oxygen atoms in total. The van der Waals surface area contributed by atoms with Crippen LogP contribution < -0.4 is 5.32 Å². The summed E-state index contributed by atoms with van der Waals surface area (Å²) in [5.74, 6) is 0.486. The van der Waals surface area contributed by atoms with Crippen LogP contribution in [0.1, 0.15) is 29.8 Å². The molecule has 2 unspecified atom stereocenters. The van der Waals surface area contributed by atoms with Crippen molar-refractivity contribution >= 4 is 21.8 Å². The van der Waals surface area contributed by atoms with Crippen LogP contribution in [0.25, 0.3) is 0 Å². The van der Waals surface area contributed by atoms with Crippen molar-refractivity contribution in [2.45, 2.75) is 24.1 Å². The number of halogens is 1. The van der Waals surface area contributed by atoms with Crippen LogP contribution in [-0.2, 0) is 7.05 Å². The third kappa shape index (κ3) is 2.64. The Morgan fingerprint density at radius 1 is 1.69 bits per heavy atom. The normalized spacial score (nSPS) is 24.6. The molecule has 88 valence electrons. The molecule has 2 atom stereocenters. The summed E-state index contributed by atoms with van der Waals surface area (Å²) < 4.78 is 1.64. The molecule has 0 spiro atoms. The molecule has 1 aliphatic rings. The summed E-state index contributed by atoms with van der Waals surface area (Å²) in [6, 6.07) is 1.73. The summed E-state index contributed by atoms with van der Waals surface area (Å²) in [5.41, 5.74) is 0.492. The molecule has 5 heteroatoms. The number of rotatable bonds is 3. The van der Waals surface area contributed by atoms with Crippen molar-refractivity contribution in [3.8, 4) is 0 Å². The molecule has 0 aliphatic heterocycles. The molecule has 0 aromatic carbocycles. The van der Waals surface area contributed by atoms with Gasteiger partial charge in [0.05, 0.1) is 0 Å². The van der Waals surface area contributed by atoms with E-state index in [1.165, 1.54) is 19.3 Å². The Balaban J connectivity index is 1.84. The van der Waals surface area contributed by atoms with Crippen LogP contribution in [-0.4, -0.2) is 27.1 Å². The minimum absolute atomic E-state index is 0.0767. The van der Waals surface area contributed by atoms with Gasteiger partial charge in [0.15, 0.2) is 0 Å². The van der Waals surface area contributed by atoms with Gasteiger partial charge in [-0.15, -0.1) is 0 Å². The molecule has 1 fully saturated rings. The molecule has 1 heterocycles. The second-order valence-electron chi connectivity index (χ2n) is 4.29. The lowest BCUT2D eigenvalue weighted by molar-refractivity contribution is 0.0942. The smallest absolute Gasteiger partial charge is 0.271 e. The molecule has 2 rings (SSSR count). The highest BCUT2D eigenvalue weighted by molar-refractivity contribution is 9.09. The minimum atomic E-state index is -0.0767. The van der Waals surface area contributed by atoms with Crippen molar-refractivity contribution in [3.05, 3.63) is 18.0 Å². The molecule has 0 bridgehead atoms. The van der Waals surface area contributed by atoms with Crippen molar-refractivity contribution in [1.82, 2.24) is 15.1 Å². The summed E-state index contributed by atoms with van der Waals surface area (Å²) in [6.45, 7) is 0.741. The van der Waals surface area contributed by atoms with E-state index in [9.17, 15) is 4.79 Å². The van der Waals surface area contributed by atoms with Gasteiger partial charge in [-0.2, -0.15) is 5.10 Å². The average Bonchev–Trinajstić information content (AvgIpc) is 2.84. The Morgan fingerprint density at radius 3 is 3.06 bits per heavy atom. The van der Waals surface area contributed by atoms with Gasteiger partial charge in [0.25, 0.3) is 5.91 Å². The predicted molar refractivity (Wildman–Crippen MR) is 65.6 cm³/mol. The van der Waals surface area contributed by atoms with Gasteiger partial charge in [-0.25, -0.2) is 0 Å². The van der Waals surface area contributed by atoms with Gasteiger partial charge in [0.2, 0.25) is 0 Å². The molecule has 1 amide bonds. The highest BCUT2D eigenvalue weighted by Crippen LogP contribution is 2.30. The zero-order chi connectivity index (χ0) is 11.5. The number of carbonyl (C=O) groups is 1. The molecular formula is C11H16BrN3O. The van der Waals surface area contributed by atoms with Crippen LogP contribution in [0.15, 0.2) is 12.3 Å². The quantitative estimate of drug-likeness (QED) is 0.860. The van der Waals surface area contributed by atoms with Gasteiger partial charge in [0.1, 0.15) is 5.69 Å². The third-order valence-corrected chi connectivity index (χ3v) is 4.24. The van der Waals surface area contributed by atoms with Crippen molar-refractivity contribution < 1.29 is 4.79 Å². The van der Waals surface area contributed by atoms with Crippen LogP contribution in [0.2, 0.25) is 0 Å². The lowest BCUT2D eigenvalue weighted by Gasteiger charge is -2.13. The maximum atomic E-state index is 11.7. The first-order valence-electron chi connectivity index (χ1n) is 5.59. The minimum Gasteiger partial charge on any atom is -0.350 e. The Kier molecular flexibility index (Phi) is 3.63. The first kappa shape index (κ1) is 11.6. The second-order valence-corrected chi connectivity index (χ2v) is 5.47. The number of amides is 1. The van der Waals surface area contributed by atoms with E-state index in [-0.39, 0.29) is 5.91 Å². The number of hydrogen-bond donors (Lipinski definition) is 1. The standard InChI is InChI=1S/C11H16BrN3O/c1-15-6-5-10(14-15)11(16)13-7-8-3-2-4-9(8)12/h5-6,8-9H,2-4,7H2,1H3,(H,13,16).